The maximum absolute atomic E-state index is 12.6. The van der Waals surface area contributed by atoms with Crippen LogP contribution in [-0.2, 0) is 11.3 Å². The molecule has 0 aliphatic rings. The molecule has 0 N–H and O–H groups in total. The quantitative estimate of drug-likeness (QED) is 0.453. The molecular formula is C18H14Cl2F3NO2. The molecule has 0 heterocycles. The van der Waals surface area contributed by atoms with Gasteiger partial charge in [-0.1, -0.05) is 47.5 Å². The molecule has 2 aromatic rings. The summed E-state index contributed by atoms with van der Waals surface area (Å²) < 4.78 is 43.0. The zero-order chi connectivity index (χ0) is 19.5. The van der Waals surface area contributed by atoms with Gasteiger partial charge in [-0.2, -0.15) is 13.2 Å². The summed E-state index contributed by atoms with van der Waals surface area (Å²) in [7, 11) is 0. The molecule has 0 bridgehead atoms. The third-order valence-electron chi connectivity index (χ3n) is 3.64. The lowest BCUT2D eigenvalue weighted by Gasteiger charge is -2.12. The normalized spacial score (nSPS) is 12.2. The van der Waals surface area contributed by atoms with E-state index in [1.165, 1.54) is 19.1 Å². The van der Waals surface area contributed by atoms with E-state index < -0.39 is 17.3 Å². The van der Waals surface area contributed by atoms with E-state index in [1.807, 2.05) is 31.2 Å². The van der Waals surface area contributed by atoms with Gasteiger partial charge in [0.2, 0.25) is 5.17 Å². The first-order valence-corrected chi connectivity index (χ1v) is 8.18. The Hall–Kier alpha value is -2.05. The Bertz CT molecular complexity index is 864. The number of esters is 1. The maximum Gasteiger partial charge on any atom is 0.444 e. The number of nitrogens with zero attached hydrogens (tertiary/aromatic N) is 1. The number of hydrogen-bond acceptors (Lipinski definition) is 3. The molecule has 0 aromatic heterocycles. The molecule has 0 aliphatic heterocycles. The van der Waals surface area contributed by atoms with Crippen LogP contribution in [-0.4, -0.2) is 17.3 Å². The molecule has 3 nitrogen and oxygen atoms in total. The number of aliphatic imine (C=N–C) groups is 1. The number of carbonyl (C=O) groups is 1. The van der Waals surface area contributed by atoms with E-state index in [-0.39, 0.29) is 28.4 Å². The van der Waals surface area contributed by atoms with Crippen LogP contribution in [0.1, 0.15) is 27.0 Å². The number of rotatable bonds is 4. The third-order valence-corrected chi connectivity index (χ3v) is 4.15. The van der Waals surface area contributed by atoms with Crippen LogP contribution in [0.2, 0.25) is 5.02 Å². The van der Waals surface area contributed by atoms with E-state index in [0.29, 0.717) is 0 Å². The zero-order valence-electron chi connectivity index (χ0n) is 13.8. The van der Waals surface area contributed by atoms with Gasteiger partial charge in [-0.25, -0.2) is 9.79 Å². The van der Waals surface area contributed by atoms with Crippen LogP contribution in [0, 0.1) is 13.8 Å². The number of halogens is 5. The van der Waals surface area contributed by atoms with Crippen molar-refractivity contribution in [1.82, 2.24) is 0 Å². The van der Waals surface area contributed by atoms with Crippen LogP contribution in [0.5, 0.6) is 0 Å². The van der Waals surface area contributed by atoms with Gasteiger partial charge in [0.15, 0.2) is 0 Å². The standard InChI is InChI=1S/C18H14Cl2F3NO2/c1-10-5-3-4-6-12(10)9-26-16(25)14-7-13(19)8-15(11(14)2)24-17(20)18(21,22)23/h3-8H,9H2,1-2H3. The maximum atomic E-state index is 12.6. The average molecular weight is 404 g/mol. The number of hydrogen-bond donors (Lipinski definition) is 0. The summed E-state index contributed by atoms with van der Waals surface area (Å²) in [5.74, 6) is -0.715. The van der Waals surface area contributed by atoms with Crippen LogP contribution in [0.25, 0.3) is 0 Å². The fraction of sp³-hybridized carbons (Fsp3) is 0.222. The molecule has 26 heavy (non-hydrogen) atoms. The topological polar surface area (TPSA) is 38.7 Å². The number of carbonyl (C=O) groups excluding carboxylic acids is 1. The smallest absolute Gasteiger partial charge is 0.444 e. The Morgan fingerprint density at radius 3 is 2.46 bits per heavy atom. The molecule has 0 unspecified atom stereocenters. The van der Waals surface area contributed by atoms with Crippen molar-refractivity contribution >= 4 is 40.0 Å². The molecule has 2 rings (SSSR count). The largest absolute Gasteiger partial charge is 0.457 e. The molecule has 0 amide bonds. The van der Waals surface area contributed by atoms with Crippen molar-refractivity contribution in [2.75, 3.05) is 0 Å². The fourth-order valence-electron chi connectivity index (χ4n) is 2.16. The van der Waals surface area contributed by atoms with Gasteiger partial charge in [0.25, 0.3) is 0 Å². The van der Waals surface area contributed by atoms with Crippen LogP contribution in [0.3, 0.4) is 0 Å². The SMILES string of the molecule is Cc1ccccc1COC(=O)c1cc(Cl)cc(N=C(Cl)C(F)(F)F)c1C. The van der Waals surface area contributed by atoms with Gasteiger partial charge in [0.05, 0.1) is 11.3 Å². The highest BCUT2D eigenvalue weighted by atomic mass is 35.5. The van der Waals surface area contributed by atoms with Gasteiger partial charge in [-0.15, -0.1) is 0 Å². The second kappa shape index (κ2) is 8.10. The van der Waals surface area contributed by atoms with E-state index in [0.717, 1.165) is 11.1 Å². The van der Waals surface area contributed by atoms with E-state index in [1.54, 1.807) is 0 Å². The minimum absolute atomic E-state index is 0.0245. The van der Waals surface area contributed by atoms with E-state index in [2.05, 4.69) is 4.99 Å². The highest BCUT2D eigenvalue weighted by Gasteiger charge is 2.34. The summed E-state index contributed by atoms with van der Waals surface area (Å²) in [6.45, 7) is 3.35. The Labute approximate surface area is 158 Å². The van der Waals surface area contributed by atoms with Gasteiger partial charge in [0, 0.05) is 5.02 Å². The second-order valence-electron chi connectivity index (χ2n) is 5.50. The number of benzene rings is 2. The predicted molar refractivity (Wildman–Crippen MR) is 95.5 cm³/mol. The van der Waals surface area contributed by atoms with Gasteiger partial charge >= 0.3 is 12.1 Å². The second-order valence-corrected chi connectivity index (χ2v) is 6.29. The Morgan fingerprint density at radius 1 is 1.19 bits per heavy atom. The number of aryl methyl sites for hydroxylation is 1. The van der Waals surface area contributed by atoms with Crippen molar-refractivity contribution in [3.05, 3.63) is 63.7 Å². The van der Waals surface area contributed by atoms with Gasteiger partial charge in [-0.3, -0.25) is 0 Å². The Kier molecular flexibility index (Phi) is 6.31. The molecule has 0 saturated carbocycles. The summed E-state index contributed by atoms with van der Waals surface area (Å²) >= 11 is 11.1. The van der Waals surface area contributed by atoms with Crippen LogP contribution in [0.15, 0.2) is 41.4 Å². The van der Waals surface area contributed by atoms with Crippen LogP contribution >= 0.6 is 23.2 Å². The number of ether oxygens (including phenoxy) is 1. The third kappa shape index (κ3) is 4.99. The van der Waals surface area contributed by atoms with Gasteiger partial charge in [-0.05, 0) is 42.7 Å². The summed E-state index contributed by atoms with van der Waals surface area (Å²) in [5.41, 5.74) is 1.83. The summed E-state index contributed by atoms with van der Waals surface area (Å²) in [6, 6.07) is 9.87. The van der Waals surface area contributed by atoms with Crippen molar-refractivity contribution in [1.29, 1.82) is 0 Å². The van der Waals surface area contributed by atoms with Crippen molar-refractivity contribution in [3.63, 3.8) is 0 Å². The van der Waals surface area contributed by atoms with E-state index in [9.17, 15) is 18.0 Å². The molecule has 8 heteroatoms. The lowest BCUT2D eigenvalue weighted by molar-refractivity contribution is -0.0558. The van der Waals surface area contributed by atoms with Gasteiger partial charge < -0.3 is 4.74 Å². The van der Waals surface area contributed by atoms with E-state index >= 15 is 0 Å². The van der Waals surface area contributed by atoms with E-state index in [4.69, 9.17) is 27.9 Å². The summed E-state index contributed by atoms with van der Waals surface area (Å²) in [5, 5.41) is -1.51. The molecule has 0 atom stereocenters. The highest BCUT2D eigenvalue weighted by molar-refractivity contribution is 6.67. The molecule has 2 aromatic carbocycles. The highest BCUT2D eigenvalue weighted by Crippen LogP contribution is 2.31. The van der Waals surface area contributed by atoms with Crippen LogP contribution in [0.4, 0.5) is 18.9 Å². The number of alkyl halides is 3. The minimum Gasteiger partial charge on any atom is -0.457 e. The monoisotopic (exact) mass is 403 g/mol. The van der Waals surface area contributed by atoms with Crippen molar-refractivity contribution in [3.8, 4) is 0 Å². The predicted octanol–water partition coefficient (Wildman–Crippen LogP) is 6.14. The average Bonchev–Trinajstić information content (AvgIpc) is 2.55. The molecule has 0 spiro atoms. The fourth-order valence-corrected chi connectivity index (χ4v) is 2.46. The summed E-state index contributed by atoms with van der Waals surface area (Å²) in [4.78, 5) is 15.7. The van der Waals surface area contributed by atoms with Crippen molar-refractivity contribution < 1.29 is 22.7 Å². The first kappa shape index (κ1) is 20.3. The minimum atomic E-state index is -4.79. The lowest BCUT2D eigenvalue weighted by Crippen LogP contribution is -2.16. The first-order valence-electron chi connectivity index (χ1n) is 7.42. The molecule has 0 fully saturated rings. The Balaban J connectivity index is 2.29. The molecule has 138 valence electrons. The molecule has 0 aliphatic carbocycles. The first-order chi connectivity index (χ1) is 12.1. The van der Waals surface area contributed by atoms with Gasteiger partial charge in [0.1, 0.15) is 6.61 Å². The lowest BCUT2D eigenvalue weighted by atomic mass is 10.1. The van der Waals surface area contributed by atoms with Crippen LogP contribution < -0.4 is 0 Å². The Morgan fingerprint density at radius 2 is 1.85 bits per heavy atom. The molecule has 0 saturated heterocycles. The summed E-state index contributed by atoms with van der Waals surface area (Å²) in [6.07, 6.45) is -4.79. The van der Waals surface area contributed by atoms with Crippen molar-refractivity contribution in [2.45, 2.75) is 26.6 Å². The molecule has 0 radical (unpaired) electrons. The zero-order valence-corrected chi connectivity index (χ0v) is 15.3. The molecular weight excluding hydrogens is 390 g/mol. The van der Waals surface area contributed by atoms with Crippen molar-refractivity contribution in [2.24, 2.45) is 4.99 Å².